The van der Waals surface area contributed by atoms with Gasteiger partial charge in [-0.3, -0.25) is 0 Å². The van der Waals surface area contributed by atoms with Gasteiger partial charge in [-0.25, -0.2) is 4.79 Å². The van der Waals surface area contributed by atoms with Gasteiger partial charge < -0.3 is 15.4 Å². The summed E-state index contributed by atoms with van der Waals surface area (Å²) in [4.78, 5) is 11.7. The fourth-order valence-electron chi connectivity index (χ4n) is 1.60. The highest BCUT2D eigenvalue weighted by molar-refractivity contribution is 7.80. The first-order valence-corrected chi connectivity index (χ1v) is 6.47. The minimum absolute atomic E-state index is 0.249. The molecule has 0 radical (unpaired) electrons. The summed E-state index contributed by atoms with van der Waals surface area (Å²) in [7, 11) is 0. The Balaban J connectivity index is 2.32. The monoisotopic (exact) mass is 256 g/mol. The fraction of sp³-hybridized carbons (Fsp3) is 0.667. The van der Waals surface area contributed by atoms with Crippen LogP contribution in [-0.4, -0.2) is 24.2 Å². The minimum Gasteiger partial charge on any atom is -0.462 e. The van der Waals surface area contributed by atoms with Gasteiger partial charge >= 0.3 is 5.97 Å². The van der Waals surface area contributed by atoms with E-state index in [2.05, 4.69) is 17.6 Å². The highest BCUT2D eigenvalue weighted by atomic mass is 32.1. The summed E-state index contributed by atoms with van der Waals surface area (Å²) in [5, 5.41) is 6.39. The van der Waals surface area contributed by atoms with Crippen LogP contribution in [0.4, 0.5) is 0 Å². The topological polar surface area (TPSA) is 50.4 Å². The molecule has 0 amide bonds. The summed E-state index contributed by atoms with van der Waals surface area (Å²) in [5.41, 5.74) is 1.42. The molecule has 0 aromatic heterocycles. The molecule has 17 heavy (non-hydrogen) atoms. The maximum absolute atomic E-state index is 11.7. The van der Waals surface area contributed by atoms with Gasteiger partial charge in [0.1, 0.15) is 0 Å². The van der Waals surface area contributed by atoms with Gasteiger partial charge in [0.05, 0.1) is 18.7 Å². The van der Waals surface area contributed by atoms with Crippen LogP contribution in [0.3, 0.4) is 0 Å². The molecule has 4 nitrogen and oxygen atoms in total. The van der Waals surface area contributed by atoms with Crippen LogP contribution in [0.5, 0.6) is 0 Å². The quantitative estimate of drug-likeness (QED) is 0.431. The molecule has 0 unspecified atom stereocenters. The summed E-state index contributed by atoms with van der Waals surface area (Å²) in [6.45, 7) is 4.94. The molecule has 1 aliphatic heterocycles. The summed E-state index contributed by atoms with van der Waals surface area (Å²) < 4.78 is 5.21. The van der Waals surface area contributed by atoms with E-state index in [1.54, 1.807) is 0 Å². The van der Waals surface area contributed by atoms with Crippen molar-refractivity contribution in [3.8, 4) is 0 Å². The van der Waals surface area contributed by atoms with Crippen molar-refractivity contribution in [2.75, 3.05) is 13.2 Å². The normalized spacial score (nSPS) is 15.3. The maximum atomic E-state index is 11.7. The molecular weight excluding hydrogens is 236 g/mol. The number of unbranched alkanes of at least 4 members (excludes halogenated alkanes) is 3. The van der Waals surface area contributed by atoms with E-state index in [9.17, 15) is 4.79 Å². The van der Waals surface area contributed by atoms with E-state index in [1.807, 2.05) is 6.92 Å². The van der Waals surface area contributed by atoms with Gasteiger partial charge in [0, 0.05) is 5.70 Å². The smallest absolute Gasteiger partial charge is 0.337 e. The van der Waals surface area contributed by atoms with Gasteiger partial charge in [-0.1, -0.05) is 26.2 Å². The van der Waals surface area contributed by atoms with Crippen LogP contribution in [0.1, 0.15) is 39.5 Å². The van der Waals surface area contributed by atoms with E-state index in [4.69, 9.17) is 17.0 Å². The average molecular weight is 256 g/mol. The Hall–Kier alpha value is -1.10. The molecule has 5 heteroatoms. The third-order valence-corrected chi connectivity index (χ3v) is 2.90. The zero-order valence-corrected chi connectivity index (χ0v) is 11.3. The van der Waals surface area contributed by atoms with E-state index in [-0.39, 0.29) is 5.97 Å². The molecule has 0 bridgehead atoms. The van der Waals surface area contributed by atoms with E-state index in [0.717, 1.165) is 18.5 Å². The van der Waals surface area contributed by atoms with Gasteiger partial charge in [-0.05, 0) is 25.6 Å². The SMILES string of the molecule is CCCCCCOC(=O)C1=C(C)NC(=S)NC1. The maximum Gasteiger partial charge on any atom is 0.337 e. The number of hydrogen-bond acceptors (Lipinski definition) is 3. The van der Waals surface area contributed by atoms with Gasteiger partial charge in [0.2, 0.25) is 0 Å². The number of allylic oxidation sites excluding steroid dienone is 1. The lowest BCUT2D eigenvalue weighted by Gasteiger charge is -2.20. The Morgan fingerprint density at radius 2 is 2.18 bits per heavy atom. The molecule has 1 aliphatic rings. The molecule has 1 rings (SSSR count). The highest BCUT2D eigenvalue weighted by Gasteiger charge is 2.19. The van der Waals surface area contributed by atoms with Crippen molar-refractivity contribution in [1.29, 1.82) is 0 Å². The van der Waals surface area contributed by atoms with Crippen LogP contribution in [0.15, 0.2) is 11.3 Å². The van der Waals surface area contributed by atoms with Crippen molar-refractivity contribution in [3.63, 3.8) is 0 Å². The molecule has 0 atom stereocenters. The minimum atomic E-state index is -0.249. The van der Waals surface area contributed by atoms with Crippen LogP contribution < -0.4 is 10.6 Å². The molecule has 0 saturated carbocycles. The third kappa shape index (κ3) is 4.73. The molecule has 1 heterocycles. The Kier molecular flexibility index (Phi) is 5.97. The molecule has 0 spiro atoms. The lowest BCUT2D eigenvalue weighted by Crippen LogP contribution is -2.42. The van der Waals surface area contributed by atoms with Crippen molar-refractivity contribution in [2.24, 2.45) is 0 Å². The first-order chi connectivity index (χ1) is 8.15. The van der Waals surface area contributed by atoms with E-state index < -0.39 is 0 Å². The van der Waals surface area contributed by atoms with Crippen molar-refractivity contribution in [1.82, 2.24) is 10.6 Å². The van der Waals surface area contributed by atoms with Gasteiger partial charge in [-0.2, -0.15) is 0 Å². The first-order valence-electron chi connectivity index (χ1n) is 6.07. The molecule has 96 valence electrons. The predicted octanol–water partition coefficient (Wildman–Crippen LogP) is 1.86. The Morgan fingerprint density at radius 1 is 1.41 bits per heavy atom. The summed E-state index contributed by atoms with van der Waals surface area (Å²) in [5.74, 6) is -0.249. The zero-order chi connectivity index (χ0) is 12.7. The molecule has 0 aliphatic carbocycles. The van der Waals surface area contributed by atoms with Crippen molar-refractivity contribution in [2.45, 2.75) is 39.5 Å². The van der Waals surface area contributed by atoms with Crippen LogP contribution in [0.25, 0.3) is 0 Å². The Bertz CT molecular complexity index is 326. The number of rotatable bonds is 6. The second kappa shape index (κ2) is 7.27. The van der Waals surface area contributed by atoms with Crippen LogP contribution in [-0.2, 0) is 9.53 Å². The number of carbonyl (C=O) groups is 1. The number of carbonyl (C=O) groups excluding carboxylic acids is 1. The molecule has 0 aromatic carbocycles. The van der Waals surface area contributed by atoms with Crippen LogP contribution in [0.2, 0.25) is 0 Å². The highest BCUT2D eigenvalue weighted by Crippen LogP contribution is 2.08. The van der Waals surface area contributed by atoms with Gasteiger partial charge in [0.15, 0.2) is 5.11 Å². The summed E-state index contributed by atoms with van der Waals surface area (Å²) in [6, 6.07) is 0. The van der Waals surface area contributed by atoms with Crippen LogP contribution in [0, 0.1) is 0 Å². The largest absolute Gasteiger partial charge is 0.462 e. The first kappa shape index (κ1) is 14.0. The van der Waals surface area contributed by atoms with Crippen LogP contribution >= 0.6 is 12.2 Å². The van der Waals surface area contributed by atoms with Gasteiger partial charge in [0.25, 0.3) is 0 Å². The standard InChI is InChI=1S/C12H20N2O2S/c1-3-4-5-6-7-16-11(15)10-8-13-12(17)14-9(10)2/h3-8H2,1-2H3,(H2,13,14,17). The fourth-order valence-corrected chi connectivity index (χ4v) is 1.82. The summed E-state index contributed by atoms with van der Waals surface area (Å²) >= 11 is 4.95. The Labute approximate surface area is 108 Å². The molecule has 0 fully saturated rings. The molecular formula is C12H20N2O2S. The van der Waals surface area contributed by atoms with E-state index in [1.165, 1.54) is 12.8 Å². The van der Waals surface area contributed by atoms with Crippen molar-refractivity contribution >= 4 is 23.3 Å². The number of hydrogen-bond donors (Lipinski definition) is 2. The molecule has 2 N–H and O–H groups in total. The molecule has 0 aromatic rings. The number of nitrogens with one attached hydrogen (secondary N) is 2. The Morgan fingerprint density at radius 3 is 2.82 bits per heavy atom. The lowest BCUT2D eigenvalue weighted by atomic mass is 10.2. The summed E-state index contributed by atoms with van der Waals surface area (Å²) in [6.07, 6.45) is 4.42. The third-order valence-electron chi connectivity index (χ3n) is 2.66. The second-order valence-electron chi connectivity index (χ2n) is 4.11. The second-order valence-corrected chi connectivity index (χ2v) is 4.52. The van der Waals surface area contributed by atoms with E-state index in [0.29, 0.717) is 23.8 Å². The number of esters is 1. The average Bonchev–Trinajstić information content (AvgIpc) is 2.28. The zero-order valence-electron chi connectivity index (χ0n) is 10.5. The molecule has 0 saturated heterocycles. The number of ether oxygens (including phenoxy) is 1. The van der Waals surface area contributed by atoms with Gasteiger partial charge in [-0.15, -0.1) is 0 Å². The number of thiocarbonyl (C=S) groups is 1. The predicted molar refractivity (Wildman–Crippen MR) is 71.5 cm³/mol. The van der Waals surface area contributed by atoms with E-state index >= 15 is 0 Å². The van der Waals surface area contributed by atoms with Crippen molar-refractivity contribution in [3.05, 3.63) is 11.3 Å². The lowest BCUT2D eigenvalue weighted by molar-refractivity contribution is -0.139. The van der Waals surface area contributed by atoms with Crippen molar-refractivity contribution < 1.29 is 9.53 Å².